The number of benzene rings is 3. The van der Waals surface area contributed by atoms with Gasteiger partial charge in [-0.1, -0.05) is 48.5 Å². The average molecular weight is 586 g/mol. The molecule has 0 N–H and O–H groups in total. The van der Waals surface area contributed by atoms with Gasteiger partial charge in [-0.25, -0.2) is 4.98 Å². The summed E-state index contributed by atoms with van der Waals surface area (Å²) in [6, 6.07) is 21.1. The SMILES string of the molecule is Cc1oc(-c2cccc(C(F)(F)F)c2)nc1Cn1c(C)c(C(=O)N2CCC3(CC2)OCc2ccccc23)c2ccccc21. The van der Waals surface area contributed by atoms with Crippen LogP contribution >= 0.6 is 0 Å². The highest BCUT2D eigenvalue weighted by Gasteiger charge is 2.43. The third-order valence-corrected chi connectivity index (χ3v) is 8.95. The minimum atomic E-state index is -4.46. The summed E-state index contributed by atoms with van der Waals surface area (Å²) in [4.78, 5) is 20.6. The fourth-order valence-electron chi connectivity index (χ4n) is 6.61. The third kappa shape index (κ3) is 4.63. The highest BCUT2D eigenvalue weighted by atomic mass is 19.4. The standard InChI is InChI=1S/C34H30F3N3O3/c1-21-30(32(41)39-16-14-33(15-17-39)27-12-5-3-8-24(27)20-42-33)26-11-4-6-13-29(26)40(21)19-28-22(2)43-31(38-28)23-9-7-10-25(18-23)34(35,36)37/h3-13,18H,14-17,19-20H2,1-2H3. The zero-order valence-corrected chi connectivity index (χ0v) is 23.9. The number of nitrogens with zero attached hydrogens (tertiary/aromatic N) is 3. The van der Waals surface area contributed by atoms with Crippen LogP contribution in [-0.2, 0) is 29.7 Å². The monoisotopic (exact) mass is 585 g/mol. The molecule has 0 unspecified atom stereocenters. The van der Waals surface area contributed by atoms with Crippen LogP contribution in [0.3, 0.4) is 0 Å². The molecule has 0 atom stereocenters. The lowest BCUT2D eigenvalue weighted by atomic mass is 9.83. The smallest absolute Gasteiger partial charge is 0.416 e. The van der Waals surface area contributed by atoms with Crippen molar-refractivity contribution in [3.05, 3.63) is 112 Å². The van der Waals surface area contributed by atoms with Gasteiger partial charge in [-0.2, -0.15) is 13.2 Å². The predicted molar refractivity (Wildman–Crippen MR) is 156 cm³/mol. The Morgan fingerprint density at radius 2 is 1.72 bits per heavy atom. The van der Waals surface area contributed by atoms with Gasteiger partial charge in [-0.15, -0.1) is 0 Å². The summed E-state index contributed by atoms with van der Waals surface area (Å²) >= 11 is 0. The Balaban J connectivity index is 1.17. The molecule has 1 spiro atoms. The van der Waals surface area contributed by atoms with Gasteiger partial charge >= 0.3 is 6.18 Å². The van der Waals surface area contributed by atoms with Crippen molar-refractivity contribution in [1.82, 2.24) is 14.5 Å². The molecule has 2 aromatic heterocycles. The van der Waals surface area contributed by atoms with Crippen molar-refractivity contribution < 1.29 is 27.1 Å². The van der Waals surface area contributed by atoms with Crippen molar-refractivity contribution in [2.75, 3.05) is 13.1 Å². The molecule has 0 bridgehead atoms. The van der Waals surface area contributed by atoms with Crippen LogP contribution in [0.25, 0.3) is 22.4 Å². The van der Waals surface area contributed by atoms with Gasteiger partial charge in [0, 0.05) is 35.2 Å². The lowest BCUT2D eigenvalue weighted by Gasteiger charge is -2.39. The molecule has 2 aliphatic heterocycles. The molecule has 1 amide bonds. The third-order valence-electron chi connectivity index (χ3n) is 8.95. The molecule has 7 rings (SSSR count). The van der Waals surface area contributed by atoms with E-state index in [9.17, 15) is 18.0 Å². The highest BCUT2D eigenvalue weighted by Crippen LogP contribution is 2.44. The molecule has 220 valence electrons. The van der Waals surface area contributed by atoms with Crippen LogP contribution < -0.4 is 0 Å². The molecule has 5 aromatic rings. The number of para-hydroxylation sites is 1. The first-order chi connectivity index (χ1) is 20.6. The first-order valence-corrected chi connectivity index (χ1v) is 14.4. The zero-order valence-electron chi connectivity index (χ0n) is 23.9. The summed E-state index contributed by atoms with van der Waals surface area (Å²) in [6.07, 6.45) is -2.98. The fraction of sp³-hybridized carbons (Fsp3) is 0.294. The van der Waals surface area contributed by atoms with Crippen molar-refractivity contribution in [2.45, 2.75) is 51.6 Å². The van der Waals surface area contributed by atoms with Gasteiger partial charge in [0.2, 0.25) is 5.89 Å². The highest BCUT2D eigenvalue weighted by molar-refractivity contribution is 6.08. The number of hydrogen-bond acceptors (Lipinski definition) is 4. The van der Waals surface area contributed by atoms with Crippen LogP contribution in [-0.4, -0.2) is 33.4 Å². The fourth-order valence-corrected chi connectivity index (χ4v) is 6.61. The minimum Gasteiger partial charge on any atom is -0.441 e. The maximum atomic E-state index is 14.1. The Morgan fingerprint density at radius 1 is 0.977 bits per heavy atom. The van der Waals surface area contributed by atoms with Gasteiger partial charge in [0.15, 0.2) is 0 Å². The molecule has 43 heavy (non-hydrogen) atoms. The molecule has 2 aliphatic rings. The lowest BCUT2D eigenvalue weighted by molar-refractivity contribution is -0.137. The van der Waals surface area contributed by atoms with Crippen LogP contribution in [0.1, 0.15) is 57.0 Å². The molecule has 6 nitrogen and oxygen atoms in total. The van der Waals surface area contributed by atoms with E-state index in [1.54, 1.807) is 13.0 Å². The Bertz CT molecular complexity index is 1860. The van der Waals surface area contributed by atoms with Crippen molar-refractivity contribution in [3.63, 3.8) is 0 Å². The van der Waals surface area contributed by atoms with Crippen LogP contribution in [0, 0.1) is 13.8 Å². The number of halogens is 3. The number of piperidine rings is 1. The van der Waals surface area contributed by atoms with Gasteiger partial charge in [0.1, 0.15) is 11.5 Å². The van der Waals surface area contributed by atoms with E-state index in [4.69, 9.17) is 9.15 Å². The van der Waals surface area contributed by atoms with E-state index in [-0.39, 0.29) is 23.0 Å². The number of carbonyl (C=O) groups is 1. The molecular weight excluding hydrogens is 555 g/mol. The lowest BCUT2D eigenvalue weighted by Crippen LogP contribution is -2.45. The number of alkyl halides is 3. The zero-order chi connectivity index (χ0) is 29.9. The number of oxazole rings is 1. The summed E-state index contributed by atoms with van der Waals surface area (Å²) in [5, 5.41) is 0.854. The summed E-state index contributed by atoms with van der Waals surface area (Å²) in [5.41, 5.74) is 4.55. The van der Waals surface area contributed by atoms with Crippen molar-refractivity contribution in [1.29, 1.82) is 0 Å². The van der Waals surface area contributed by atoms with E-state index in [1.807, 2.05) is 52.8 Å². The Kier molecular flexibility index (Phi) is 6.46. The molecule has 1 saturated heterocycles. The maximum absolute atomic E-state index is 14.1. The maximum Gasteiger partial charge on any atom is 0.416 e. The largest absolute Gasteiger partial charge is 0.441 e. The number of fused-ring (bicyclic) bond motifs is 3. The van der Waals surface area contributed by atoms with E-state index in [0.717, 1.165) is 41.6 Å². The number of hydrogen-bond donors (Lipinski definition) is 0. The normalized spacial score (nSPS) is 16.3. The second-order valence-corrected chi connectivity index (χ2v) is 11.4. The molecule has 0 radical (unpaired) electrons. The van der Waals surface area contributed by atoms with Gasteiger partial charge < -0.3 is 18.6 Å². The minimum absolute atomic E-state index is 0.0184. The quantitative estimate of drug-likeness (QED) is 0.218. The van der Waals surface area contributed by atoms with Crippen LogP contribution in [0.2, 0.25) is 0 Å². The van der Waals surface area contributed by atoms with Gasteiger partial charge in [0.25, 0.3) is 5.91 Å². The average Bonchev–Trinajstić information content (AvgIpc) is 3.65. The molecule has 0 aliphatic carbocycles. The molecule has 9 heteroatoms. The Morgan fingerprint density at radius 3 is 2.51 bits per heavy atom. The molecular formula is C34H30F3N3O3. The molecule has 1 fully saturated rings. The molecule has 4 heterocycles. The topological polar surface area (TPSA) is 60.5 Å². The summed E-state index contributed by atoms with van der Waals surface area (Å²) in [6.45, 7) is 5.77. The van der Waals surface area contributed by atoms with E-state index >= 15 is 0 Å². The van der Waals surface area contributed by atoms with Gasteiger partial charge in [-0.05, 0) is 62.1 Å². The first-order valence-electron chi connectivity index (χ1n) is 14.4. The number of ether oxygens (including phenoxy) is 1. The van der Waals surface area contributed by atoms with E-state index in [1.165, 1.54) is 17.2 Å². The van der Waals surface area contributed by atoms with Crippen molar-refractivity contribution in [3.8, 4) is 11.5 Å². The number of rotatable bonds is 4. The van der Waals surface area contributed by atoms with E-state index < -0.39 is 11.7 Å². The Labute approximate surface area is 246 Å². The van der Waals surface area contributed by atoms with Crippen molar-refractivity contribution in [2.24, 2.45) is 0 Å². The first kappa shape index (κ1) is 27.5. The van der Waals surface area contributed by atoms with E-state index in [2.05, 4.69) is 17.1 Å². The number of amides is 1. The number of likely N-dealkylation sites (tertiary alicyclic amines) is 1. The van der Waals surface area contributed by atoms with Crippen LogP contribution in [0.15, 0.2) is 77.2 Å². The molecule has 3 aromatic carbocycles. The predicted octanol–water partition coefficient (Wildman–Crippen LogP) is 7.64. The second kappa shape index (κ2) is 10.1. The van der Waals surface area contributed by atoms with Crippen LogP contribution in [0.5, 0.6) is 0 Å². The Hall–Kier alpha value is -4.37. The second-order valence-electron chi connectivity index (χ2n) is 11.4. The number of aromatic nitrogens is 2. The van der Waals surface area contributed by atoms with Crippen molar-refractivity contribution >= 4 is 16.8 Å². The summed E-state index contributed by atoms with van der Waals surface area (Å²) < 4.78 is 54.1. The summed E-state index contributed by atoms with van der Waals surface area (Å²) in [5.74, 6) is 0.618. The number of aryl methyl sites for hydroxylation is 1. The van der Waals surface area contributed by atoms with Gasteiger partial charge in [-0.3, -0.25) is 4.79 Å². The number of carbonyl (C=O) groups excluding carboxylic acids is 1. The van der Waals surface area contributed by atoms with Gasteiger partial charge in [0.05, 0.1) is 29.9 Å². The molecule has 0 saturated carbocycles. The van der Waals surface area contributed by atoms with Crippen LogP contribution in [0.4, 0.5) is 13.2 Å². The summed E-state index contributed by atoms with van der Waals surface area (Å²) in [7, 11) is 0. The van der Waals surface area contributed by atoms with E-state index in [0.29, 0.717) is 43.3 Å².